The Morgan fingerprint density at radius 1 is 1.11 bits per heavy atom. The molecular formula is C14H19NO4. The first-order chi connectivity index (χ1) is 8.69. The minimum absolute atomic E-state index is 0.0909. The van der Waals surface area contributed by atoms with Crippen LogP contribution in [0.5, 0.6) is 0 Å². The number of rotatable bonds is 3. The molecule has 0 fully saturated rings. The number of aromatic nitrogens is 1. The van der Waals surface area contributed by atoms with E-state index >= 15 is 0 Å². The average Bonchev–Trinajstić information content (AvgIpc) is 2.26. The van der Waals surface area contributed by atoms with Crippen LogP contribution in [0.4, 0.5) is 0 Å². The van der Waals surface area contributed by atoms with Crippen molar-refractivity contribution >= 4 is 11.9 Å². The molecule has 0 amide bonds. The van der Waals surface area contributed by atoms with E-state index in [0.717, 1.165) is 0 Å². The summed E-state index contributed by atoms with van der Waals surface area (Å²) in [5, 5.41) is 0. The maximum atomic E-state index is 11.8. The van der Waals surface area contributed by atoms with Crippen molar-refractivity contribution in [3.8, 4) is 0 Å². The van der Waals surface area contributed by atoms with E-state index in [1.165, 1.54) is 12.1 Å². The second-order valence-electron chi connectivity index (χ2n) is 5.36. The highest BCUT2D eigenvalue weighted by atomic mass is 16.6. The largest absolute Gasteiger partial charge is 0.458 e. The van der Waals surface area contributed by atoms with E-state index < -0.39 is 17.5 Å². The summed E-state index contributed by atoms with van der Waals surface area (Å²) in [4.78, 5) is 27.5. The summed E-state index contributed by atoms with van der Waals surface area (Å²) in [7, 11) is 0. The lowest BCUT2D eigenvalue weighted by atomic mass is 10.2. The van der Waals surface area contributed by atoms with E-state index in [1.54, 1.807) is 40.7 Å². The molecular weight excluding hydrogens is 246 g/mol. The topological polar surface area (TPSA) is 65.5 Å². The van der Waals surface area contributed by atoms with Gasteiger partial charge in [0.25, 0.3) is 0 Å². The molecule has 19 heavy (non-hydrogen) atoms. The minimum Gasteiger partial charge on any atom is -0.458 e. The monoisotopic (exact) mass is 265 g/mol. The molecule has 0 atom stereocenters. The van der Waals surface area contributed by atoms with Gasteiger partial charge in [0.2, 0.25) is 0 Å². The molecule has 0 aliphatic rings. The van der Waals surface area contributed by atoms with Crippen LogP contribution in [0, 0.1) is 0 Å². The van der Waals surface area contributed by atoms with Gasteiger partial charge in [0, 0.05) is 0 Å². The fourth-order valence-corrected chi connectivity index (χ4v) is 1.27. The maximum Gasteiger partial charge on any atom is 0.357 e. The third kappa shape index (κ3) is 5.07. The highest BCUT2D eigenvalue weighted by molar-refractivity contribution is 5.91. The Bertz CT molecular complexity index is 475. The number of carbonyl (C=O) groups excluding carboxylic acids is 2. The van der Waals surface area contributed by atoms with Gasteiger partial charge in [-0.2, -0.15) is 0 Å². The molecule has 0 unspecified atom stereocenters. The molecule has 5 heteroatoms. The fourth-order valence-electron chi connectivity index (χ4n) is 1.27. The van der Waals surface area contributed by atoms with Gasteiger partial charge in [0.15, 0.2) is 0 Å². The zero-order valence-electron chi connectivity index (χ0n) is 11.9. The van der Waals surface area contributed by atoms with Crippen molar-refractivity contribution in [2.75, 3.05) is 0 Å². The Kier molecular flexibility index (Phi) is 4.64. The summed E-state index contributed by atoms with van der Waals surface area (Å²) in [5.41, 5.74) is -0.419. The first kappa shape index (κ1) is 15.1. The smallest absolute Gasteiger partial charge is 0.357 e. The van der Waals surface area contributed by atoms with E-state index in [0.29, 0.717) is 0 Å². The van der Waals surface area contributed by atoms with Crippen LogP contribution in [-0.2, 0) is 9.47 Å². The third-order valence-electron chi connectivity index (χ3n) is 1.91. The second-order valence-corrected chi connectivity index (χ2v) is 5.36. The highest BCUT2D eigenvalue weighted by Crippen LogP contribution is 2.11. The van der Waals surface area contributed by atoms with E-state index in [-0.39, 0.29) is 17.5 Å². The Hall–Kier alpha value is -1.91. The van der Waals surface area contributed by atoms with E-state index in [4.69, 9.17) is 9.47 Å². The molecule has 1 heterocycles. The van der Waals surface area contributed by atoms with E-state index in [1.807, 2.05) is 0 Å². The van der Waals surface area contributed by atoms with Gasteiger partial charge in [0.1, 0.15) is 17.0 Å². The first-order valence-electron chi connectivity index (χ1n) is 6.10. The number of pyridine rings is 1. The van der Waals surface area contributed by atoms with Crippen molar-refractivity contribution in [1.29, 1.82) is 0 Å². The fraction of sp³-hybridized carbons (Fsp3) is 0.500. The van der Waals surface area contributed by atoms with E-state index in [9.17, 15) is 9.59 Å². The van der Waals surface area contributed by atoms with Crippen LogP contribution in [0.2, 0.25) is 0 Å². The van der Waals surface area contributed by atoms with Crippen LogP contribution in [0.25, 0.3) is 0 Å². The Balaban J connectivity index is 2.88. The predicted octanol–water partition coefficient (Wildman–Crippen LogP) is 2.60. The van der Waals surface area contributed by atoms with Crippen molar-refractivity contribution in [3.05, 3.63) is 29.6 Å². The summed E-state index contributed by atoms with van der Waals surface area (Å²) < 4.78 is 10.2. The van der Waals surface area contributed by atoms with Crippen molar-refractivity contribution in [2.45, 2.75) is 46.3 Å². The van der Waals surface area contributed by atoms with Gasteiger partial charge >= 0.3 is 11.9 Å². The van der Waals surface area contributed by atoms with Crippen LogP contribution in [0.15, 0.2) is 18.2 Å². The molecule has 0 radical (unpaired) electrons. The van der Waals surface area contributed by atoms with Crippen molar-refractivity contribution in [2.24, 2.45) is 0 Å². The quantitative estimate of drug-likeness (QED) is 0.786. The van der Waals surface area contributed by atoms with Gasteiger partial charge in [-0.05, 0) is 46.8 Å². The van der Waals surface area contributed by atoms with Crippen LogP contribution in [-0.4, -0.2) is 28.6 Å². The summed E-state index contributed by atoms with van der Waals surface area (Å²) in [5.74, 6) is -1.12. The minimum atomic E-state index is -0.604. The molecule has 0 aromatic carbocycles. The zero-order valence-corrected chi connectivity index (χ0v) is 11.9. The SMILES string of the molecule is CC(C)OC(=O)c1cccc(C(=O)OC(C)(C)C)n1. The number of hydrogen-bond donors (Lipinski definition) is 0. The molecule has 0 bridgehead atoms. The first-order valence-corrected chi connectivity index (χ1v) is 6.10. The number of ether oxygens (including phenoxy) is 2. The van der Waals surface area contributed by atoms with Crippen LogP contribution < -0.4 is 0 Å². The Labute approximate surface area is 112 Å². The third-order valence-corrected chi connectivity index (χ3v) is 1.91. The Morgan fingerprint density at radius 3 is 2.11 bits per heavy atom. The molecule has 0 aliphatic heterocycles. The molecule has 0 saturated heterocycles. The highest BCUT2D eigenvalue weighted by Gasteiger charge is 2.20. The number of nitrogens with zero attached hydrogens (tertiary/aromatic N) is 1. The van der Waals surface area contributed by atoms with Crippen LogP contribution in [0.3, 0.4) is 0 Å². The van der Waals surface area contributed by atoms with Crippen molar-refractivity contribution < 1.29 is 19.1 Å². The average molecular weight is 265 g/mol. The number of hydrogen-bond acceptors (Lipinski definition) is 5. The lowest BCUT2D eigenvalue weighted by Crippen LogP contribution is -2.25. The van der Waals surface area contributed by atoms with Gasteiger partial charge in [0.05, 0.1) is 6.10 Å². The molecule has 1 aromatic rings. The lowest BCUT2D eigenvalue weighted by Gasteiger charge is -2.19. The standard InChI is InChI=1S/C14H19NO4/c1-9(2)18-12(16)10-7-6-8-11(15-10)13(17)19-14(3,4)5/h6-9H,1-5H3. The van der Waals surface area contributed by atoms with E-state index in [2.05, 4.69) is 4.98 Å². The van der Waals surface area contributed by atoms with Gasteiger partial charge in [-0.3, -0.25) is 0 Å². The molecule has 1 rings (SSSR count). The van der Waals surface area contributed by atoms with Crippen LogP contribution >= 0.6 is 0 Å². The molecule has 5 nitrogen and oxygen atoms in total. The normalized spacial score (nSPS) is 11.3. The summed E-state index contributed by atoms with van der Waals surface area (Å²) in [6.45, 7) is 8.79. The molecule has 104 valence electrons. The van der Waals surface area contributed by atoms with Crippen LogP contribution in [0.1, 0.15) is 55.6 Å². The van der Waals surface area contributed by atoms with Gasteiger partial charge in [-0.1, -0.05) is 6.07 Å². The molecule has 1 aromatic heterocycles. The van der Waals surface area contributed by atoms with Gasteiger partial charge in [-0.25, -0.2) is 14.6 Å². The van der Waals surface area contributed by atoms with Gasteiger partial charge < -0.3 is 9.47 Å². The Morgan fingerprint density at radius 2 is 1.63 bits per heavy atom. The molecule has 0 saturated carbocycles. The molecule has 0 N–H and O–H groups in total. The van der Waals surface area contributed by atoms with Gasteiger partial charge in [-0.15, -0.1) is 0 Å². The number of carbonyl (C=O) groups is 2. The van der Waals surface area contributed by atoms with Crippen molar-refractivity contribution in [1.82, 2.24) is 4.98 Å². The summed E-state index contributed by atoms with van der Waals surface area (Å²) in [6, 6.07) is 4.57. The molecule has 0 aliphatic carbocycles. The summed E-state index contributed by atoms with van der Waals surface area (Å²) >= 11 is 0. The van der Waals surface area contributed by atoms with Crippen molar-refractivity contribution in [3.63, 3.8) is 0 Å². The zero-order chi connectivity index (χ0) is 14.6. The second kappa shape index (κ2) is 5.82. The number of esters is 2. The lowest BCUT2D eigenvalue weighted by molar-refractivity contribution is 0.00627. The maximum absolute atomic E-state index is 11.8. The molecule has 0 spiro atoms. The predicted molar refractivity (Wildman–Crippen MR) is 70.0 cm³/mol. The summed E-state index contributed by atoms with van der Waals surface area (Å²) in [6.07, 6.45) is -0.237.